The number of aromatic amines is 1. The summed E-state index contributed by atoms with van der Waals surface area (Å²) >= 11 is 0. The Morgan fingerprint density at radius 2 is 1.92 bits per heavy atom. The monoisotopic (exact) mass is 338 g/mol. The normalized spacial score (nSPS) is 11.7. The zero-order valence-electron chi connectivity index (χ0n) is 14.6. The third kappa shape index (κ3) is 3.99. The van der Waals surface area contributed by atoms with Crippen LogP contribution in [0.4, 0.5) is 4.39 Å². The lowest BCUT2D eigenvalue weighted by Crippen LogP contribution is -2.38. The molecule has 130 valence electrons. The van der Waals surface area contributed by atoms with Crippen LogP contribution in [0.3, 0.4) is 0 Å². The predicted octanol–water partition coefficient (Wildman–Crippen LogP) is 3.52. The quantitative estimate of drug-likeness (QED) is 0.492. The molecule has 3 N–H and O–H groups in total. The highest BCUT2D eigenvalue weighted by atomic mass is 19.1. The lowest BCUT2D eigenvalue weighted by molar-refractivity contribution is 0.604. The molecule has 1 heterocycles. The van der Waals surface area contributed by atoms with E-state index in [1.165, 1.54) is 22.6 Å². The van der Waals surface area contributed by atoms with Gasteiger partial charge in [0.05, 0.1) is 0 Å². The molecule has 0 unspecified atom stereocenters. The molecule has 0 radical (unpaired) electrons. The van der Waals surface area contributed by atoms with E-state index in [0.717, 1.165) is 18.5 Å². The van der Waals surface area contributed by atoms with Crippen molar-refractivity contribution in [2.75, 3.05) is 13.6 Å². The molecule has 3 rings (SSSR count). The van der Waals surface area contributed by atoms with Gasteiger partial charge in [-0.1, -0.05) is 30.3 Å². The smallest absolute Gasteiger partial charge is 0.191 e. The van der Waals surface area contributed by atoms with Crippen molar-refractivity contribution < 1.29 is 4.39 Å². The number of nitrogens with zero attached hydrogens (tertiary/aromatic N) is 1. The fourth-order valence-corrected chi connectivity index (χ4v) is 3.01. The molecule has 1 aromatic heterocycles. The van der Waals surface area contributed by atoms with E-state index >= 15 is 0 Å². The van der Waals surface area contributed by atoms with Crippen molar-refractivity contribution in [2.24, 2.45) is 4.99 Å². The highest BCUT2D eigenvalue weighted by molar-refractivity contribution is 5.86. The van der Waals surface area contributed by atoms with Gasteiger partial charge in [0.15, 0.2) is 5.96 Å². The number of halogens is 1. The van der Waals surface area contributed by atoms with E-state index in [1.54, 1.807) is 19.2 Å². The molecule has 0 saturated heterocycles. The van der Waals surface area contributed by atoms with E-state index in [2.05, 4.69) is 51.9 Å². The molecule has 0 aliphatic heterocycles. The first kappa shape index (κ1) is 17.0. The first-order valence-electron chi connectivity index (χ1n) is 8.42. The summed E-state index contributed by atoms with van der Waals surface area (Å²) in [4.78, 5) is 7.51. The first-order chi connectivity index (χ1) is 12.2. The molecule has 0 aliphatic carbocycles. The molecule has 25 heavy (non-hydrogen) atoms. The van der Waals surface area contributed by atoms with Gasteiger partial charge in [0.25, 0.3) is 0 Å². The van der Waals surface area contributed by atoms with Crippen LogP contribution in [-0.4, -0.2) is 24.5 Å². The Labute approximate surface area is 147 Å². The molecule has 0 spiro atoms. The molecule has 0 atom stereocenters. The molecule has 0 amide bonds. The molecule has 2 aromatic carbocycles. The van der Waals surface area contributed by atoms with Crippen molar-refractivity contribution in [3.05, 3.63) is 71.2 Å². The maximum absolute atomic E-state index is 13.7. The summed E-state index contributed by atoms with van der Waals surface area (Å²) in [5.74, 6) is 0.458. The summed E-state index contributed by atoms with van der Waals surface area (Å²) in [5.41, 5.74) is 4.34. The van der Waals surface area contributed by atoms with Gasteiger partial charge in [0, 0.05) is 42.8 Å². The van der Waals surface area contributed by atoms with Crippen LogP contribution in [0.25, 0.3) is 10.9 Å². The molecule has 0 fully saturated rings. The van der Waals surface area contributed by atoms with Gasteiger partial charge in [-0.05, 0) is 36.6 Å². The Bertz CT molecular complexity index is 882. The lowest BCUT2D eigenvalue weighted by Gasteiger charge is -2.12. The maximum Gasteiger partial charge on any atom is 0.191 e. The largest absolute Gasteiger partial charge is 0.361 e. The van der Waals surface area contributed by atoms with E-state index in [0.29, 0.717) is 18.1 Å². The highest BCUT2D eigenvalue weighted by Gasteiger charge is 2.07. The standard InChI is InChI=1S/C20H23FN4/c1-14-6-5-9-18-19(14)16(13-24-18)10-11-23-20(22-2)25-12-15-7-3-4-8-17(15)21/h3-9,13,24H,10-12H2,1-2H3,(H2,22,23,25). The molecule has 4 nitrogen and oxygen atoms in total. The summed E-state index contributed by atoms with van der Waals surface area (Å²) in [5, 5.41) is 7.72. The summed E-state index contributed by atoms with van der Waals surface area (Å²) in [7, 11) is 1.71. The summed E-state index contributed by atoms with van der Waals surface area (Å²) < 4.78 is 13.7. The van der Waals surface area contributed by atoms with Crippen LogP contribution < -0.4 is 10.6 Å². The van der Waals surface area contributed by atoms with Crippen LogP contribution in [0.1, 0.15) is 16.7 Å². The summed E-state index contributed by atoms with van der Waals surface area (Å²) in [6, 6.07) is 13.0. The predicted molar refractivity (Wildman–Crippen MR) is 101 cm³/mol. The van der Waals surface area contributed by atoms with Crippen LogP contribution in [0.15, 0.2) is 53.7 Å². The second-order valence-electron chi connectivity index (χ2n) is 6.01. The van der Waals surface area contributed by atoms with Crippen LogP contribution in [0.2, 0.25) is 0 Å². The zero-order chi connectivity index (χ0) is 17.6. The minimum atomic E-state index is -0.209. The maximum atomic E-state index is 13.7. The van der Waals surface area contributed by atoms with Crippen molar-refractivity contribution >= 4 is 16.9 Å². The van der Waals surface area contributed by atoms with Gasteiger partial charge < -0.3 is 15.6 Å². The van der Waals surface area contributed by atoms with E-state index in [4.69, 9.17) is 0 Å². The number of aryl methyl sites for hydroxylation is 1. The SMILES string of the molecule is CN=C(NCCc1c[nH]c2cccc(C)c12)NCc1ccccc1F. The van der Waals surface area contributed by atoms with Crippen LogP contribution in [0.5, 0.6) is 0 Å². The zero-order valence-corrected chi connectivity index (χ0v) is 14.6. The van der Waals surface area contributed by atoms with Gasteiger partial charge in [-0.25, -0.2) is 4.39 Å². The second kappa shape index (κ2) is 7.83. The average molecular weight is 338 g/mol. The van der Waals surface area contributed by atoms with Crippen molar-refractivity contribution in [1.82, 2.24) is 15.6 Å². The third-order valence-electron chi connectivity index (χ3n) is 4.31. The van der Waals surface area contributed by atoms with Crippen molar-refractivity contribution in [3.63, 3.8) is 0 Å². The van der Waals surface area contributed by atoms with Gasteiger partial charge >= 0.3 is 0 Å². The van der Waals surface area contributed by atoms with Gasteiger partial charge in [0.2, 0.25) is 0 Å². The van der Waals surface area contributed by atoms with Gasteiger partial charge in [-0.3, -0.25) is 4.99 Å². The Morgan fingerprint density at radius 3 is 2.72 bits per heavy atom. The van der Waals surface area contributed by atoms with Crippen molar-refractivity contribution in [2.45, 2.75) is 19.9 Å². The Hall–Kier alpha value is -2.82. The number of nitrogens with one attached hydrogen (secondary N) is 3. The Kier molecular flexibility index (Phi) is 5.33. The molecule has 5 heteroatoms. The number of rotatable bonds is 5. The number of benzene rings is 2. The number of hydrogen-bond donors (Lipinski definition) is 3. The highest BCUT2D eigenvalue weighted by Crippen LogP contribution is 2.22. The number of fused-ring (bicyclic) bond motifs is 1. The van der Waals surface area contributed by atoms with Gasteiger partial charge in [-0.15, -0.1) is 0 Å². The topological polar surface area (TPSA) is 52.2 Å². The van der Waals surface area contributed by atoms with Gasteiger partial charge in [-0.2, -0.15) is 0 Å². The van der Waals surface area contributed by atoms with Crippen LogP contribution in [0, 0.1) is 12.7 Å². The average Bonchev–Trinajstić information content (AvgIpc) is 3.04. The molecule has 0 saturated carbocycles. The first-order valence-corrected chi connectivity index (χ1v) is 8.42. The third-order valence-corrected chi connectivity index (χ3v) is 4.31. The second-order valence-corrected chi connectivity index (χ2v) is 6.01. The number of guanidine groups is 1. The number of aromatic nitrogens is 1. The molecule has 0 aliphatic rings. The summed E-state index contributed by atoms with van der Waals surface area (Å²) in [6.45, 7) is 3.28. The Balaban J connectivity index is 1.56. The molecule has 0 bridgehead atoms. The minimum absolute atomic E-state index is 0.209. The van der Waals surface area contributed by atoms with E-state index in [1.807, 2.05) is 6.07 Å². The van der Waals surface area contributed by atoms with E-state index in [9.17, 15) is 4.39 Å². The lowest BCUT2D eigenvalue weighted by atomic mass is 10.1. The van der Waals surface area contributed by atoms with Gasteiger partial charge in [0.1, 0.15) is 5.82 Å². The van der Waals surface area contributed by atoms with Crippen LogP contribution >= 0.6 is 0 Å². The Morgan fingerprint density at radius 1 is 1.08 bits per heavy atom. The fourth-order valence-electron chi connectivity index (χ4n) is 3.01. The van der Waals surface area contributed by atoms with Crippen molar-refractivity contribution in [3.8, 4) is 0 Å². The van der Waals surface area contributed by atoms with E-state index in [-0.39, 0.29) is 5.82 Å². The van der Waals surface area contributed by atoms with Crippen LogP contribution in [-0.2, 0) is 13.0 Å². The van der Waals surface area contributed by atoms with E-state index < -0.39 is 0 Å². The molecule has 3 aromatic rings. The minimum Gasteiger partial charge on any atom is -0.361 e. The molecular formula is C20H23FN4. The molecular weight excluding hydrogens is 315 g/mol. The van der Waals surface area contributed by atoms with Crippen molar-refractivity contribution in [1.29, 1.82) is 0 Å². The fraction of sp³-hybridized carbons (Fsp3) is 0.250. The number of aliphatic imine (C=N–C) groups is 1. The number of hydrogen-bond acceptors (Lipinski definition) is 1. The number of H-pyrrole nitrogens is 1. The summed E-state index contributed by atoms with van der Waals surface area (Å²) in [6.07, 6.45) is 2.94.